The quantitative estimate of drug-likeness (QED) is 0.777. The van der Waals surface area contributed by atoms with Gasteiger partial charge in [-0.3, -0.25) is 10.1 Å². The molecule has 2 aromatic heterocycles. The molecule has 1 aliphatic rings. The van der Waals surface area contributed by atoms with Crippen LogP contribution < -0.4 is 20.7 Å². The lowest BCUT2D eigenvalue weighted by atomic mass is 10.1. The van der Waals surface area contributed by atoms with E-state index in [1.54, 1.807) is 31.6 Å². The summed E-state index contributed by atoms with van der Waals surface area (Å²) in [7, 11) is 1.56. The van der Waals surface area contributed by atoms with Gasteiger partial charge in [-0.25, -0.2) is 9.97 Å². The first-order valence-corrected chi connectivity index (χ1v) is 6.97. The molecule has 0 radical (unpaired) electrons. The van der Waals surface area contributed by atoms with Crippen molar-refractivity contribution < 1.29 is 9.53 Å². The van der Waals surface area contributed by atoms with Crippen molar-refractivity contribution in [2.75, 3.05) is 19.1 Å². The van der Waals surface area contributed by atoms with Crippen LogP contribution in [0.1, 0.15) is 21.6 Å². The lowest BCUT2D eigenvalue weighted by Crippen LogP contribution is -2.29. The zero-order valence-electron chi connectivity index (χ0n) is 12.2. The van der Waals surface area contributed by atoms with E-state index in [-0.39, 0.29) is 5.91 Å². The monoisotopic (exact) mass is 299 g/mol. The molecule has 0 saturated heterocycles. The Kier molecular flexibility index (Phi) is 4.15. The van der Waals surface area contributed by atoms with E-state index in [2.05, 4.69) is 25.9 Å². The summed E-state index contributed by atoms with van der Waals surface area (Å²) in [6, 6.07) is 5.42. The number of carbonyl (C=O) groups is 1. The summed E-state index contributed by atoms with van der Waals surface area (Å²) >= 11 is 0. The molecule has 0 atom stereocenters. The molecule has 3 rings (SSSR count). The van der Waals surface area contributed by atoms with Crippen LogP contribution in [0.25, 0.3) is 0 Å². The third-order valence-electron chi connectivity index (χ3n) is 3.40. The number of fused-ring (bicyclic) bond motifs is 1. The molecule has 0 aromatic carbocycles. The fourth-order valence-corrected chi connectivity index (χ4v) is 2.19. The van der Waals surface area contributed by atoms with Crippen molar-refractivity contribution in [2.24, 2.45) is 0 Å². The van der Waals surface area contributed by atoms with E-state index >= 15 is 0 Å². The van der Waals surface area contributed by atoms with Crippen LogP contribution in [-0.4, -0.2) is 29.7 Å². The SMILES string of the molecule is COc1ccc(CNC(=O)c2cc3c(cn2)NCNC3)cn1. The second kappa shape index (κ2) is 6.40. The molecular weight excluding hydrogens is 282 g/mol. The number of hydrogen-bond acceptors (Lipinski definition) is 6. The van der Waals surface area contributed by atoms with E-state index < -0.39 is 0 Å². The zero-order chi connectivity index (χ0) is 15.4. The molecule has 2 aromatic rings. The van der Waals surface area contributed by atoms with Crippen LogP contribution in [-0.2, 0) is 13.1 Å². The van der Waals surface area contributed by atoms with Crippen molar-refractivity contribution in [1.82, 2.24) is 20.6 Å². The molecule has 0 fully saturated rings. The van der Waals surface area contributed by atoms with E-state index in [9.17, 15) is 4.79 Å². The van der Waals surface area contributed by atoms with Gasteiger partial charge in [0.05, 0.1) is 25.7 Å². The Morgan fingerprint density at radius 3 is 3.05 bits per heavy atom. The Morgan fingerprint density at radius 2 is 2.27 bits per heavy atom. The number of aromatic nitrogens is 2. The maximum atomic E-state index is 12.2. The number of pyridine rings is 2. The van der Waals surface area contributed by atoms with E-state index in [1.807, 2.05) is 6.07 Å². The Morgan fingerprint density at radius 1 is 1.36 bits per heavy atom. The van der Waals surface area contributed by atoms with Crippen molar-refractivity contribution in [1.29, 1.82) is 0 Å². The number of nitrogens with zero attached hydrogens (tertiary/aromatic N) is 2. The number of carbonyl (C=O) groups excluding carboxylic acids is 1. The van der Waals surface area contributed by atoms with Gasteiger partial charge in [0, 0.05) is 25.4 Å². The minimum atomic E-state index is -0.204. The van der Waals surface area contributed by atoms with Crippen LogP contribution in [0.2, 0.25) is 0 Å². The number of ether oxygens (including phenoxy) is 1. The molecule has 7 nitrogen and oxygen atoms in total. The molecule has 0 spiro atoms. The molecule has 3 N–H and O–H groups in total. The highest BCUT2D eigenvalue weighted by atomic mass is 16.5. The molecule has 1 amide bonds. The normalized spacial score (nSPS) is 13.0. The van der Waals surface area contributed by atoms with Crippen LogP contribution in [0, 0.1) is 0 Å². The van der Waals surface area contributed by atoms with E-state index in [4.69, 9.17) is 4.74 Å². The van der Waals surface area contributed by atoms with Gasteiger partial charge < -0.3 is 15.4 Å². The summed E-state index contributed by atoms with van der Waals surface area (Å²) in [6.45, 7) is 1.84. The number of methoxy groups -OCH3 is 1. The fraction of sp³-hybridized carbons (Fsp3) is 0.267. The molecule has 0 bridgehead atoms. The predicted molar refractivity (Wildman–Crippen MR) is 81.5 cm³/mol. The maximum Gasteiger partial charge on any atom is 0.270 e. The van der Waals surface area contributed by atoms with Crippen LogP contribution >= 0.6 is 0 Å². The van der Waals surface area contributed by atoms with Crippen LogP contribution in [0.15, 0.2) is 30.6 Å². The Labute approximate surface area is 128 Å². The maximum absolute atomic E-state index is 12.2. The lowest BCUT2D eigenvalue weighted by Gasteiger charge is -2.19. The summed E-state index contributed by atoms with van der Waals surface area (Å²) < 4.78 is 5.00. The molecule has 7 heteroatoms. The summed E-state index contributed by atoms with van der Waals surface area (Å²) in [5.74, 6) is 0.343. The highest BCUT2D eigenvalue weighted by Gasteiger charge is 2.13. The molecule has 22 heavy (non-hydrogen) atoms. The van der Waals surface area contributed by atoms with Crippen LogP contribution in [0.4, 0.5) is 5.69 Å². The molecular formula is C15H17N5O2. The number of anilines is 1. The minimum Gasteiger partial charge on any atom is -0.481 e. The van der Waals surface area contributed by atoms with E-state index in [0.717, 1.165) is 23.4 Å². The first kappa shape index (κ1) is 14.3. The standard InChI is InChI=1S/C15H17N5O2/c1-22-14-3-2-10(5-18-14)6-19-15(21)12-4-11-7-16-9-20-13(11)8-17-12/h2-5,8,16,20H,6-7,9H2,1H3,(H,19,21). The van der Waals surface area contributed by atoms with Gasteiger partial charge >= 0.3 is 0 Å². The average molecular weight is 299 g/mol. The van der Waals surface area contributed by atoms with Gasteiger partial charge in [-0.15, -0.1) is 0 Å². The predicted octanol–water partition coefficient (Wildman–Crippen LogP) is 0.888. The first-order valence-electron chi connectivity index (χ1n) is 6.97. The topological polar surface area (TPSA) is 88.2 Å². The highest BCUT2D eigenvalue weighted by molar-refractivity contribution is 5.92. The zero-order valence-corrected chi connectivity index (χ0v) is 12.2. The van der Waals surface area contributed by atoms with Crippen molar-refractivity contribution in [2.45, 2.75) is 13.1 Å². The summed E-state index contributed by atoms with van der Waals surface area (Å²) in [5.41, 5.74) is 3.31. The number of amides is 1. The second-order valence-corrected chi connectivity index (χ2v) is 4.90. The molecule has 0 aliphatic carbocycles. The van der Waals surface area contributed by atoms with Crippen molar-refractivity contribution in [3.63, 3.8) is 0 Å². The van der Waals surface area contributed by atoms with Gasteiger partial charge in [0.25, 0.3) is 5.91 Å². The van der Waals surface area contributed by atoms with Gasteiger partial charge in [-0.2, -0.15) is 0 Å². The number of hydrogen-bond donors (Lipinski definition) is 3. The van der Waals surface area contributed by atoms with Crippen molar-refractivity contribution in [3.05, 3.63) is 47.4 Å². The Hall–Kier alpha value is -2.67. The Balaban J connectivity index is 1.64. The summed E-state index contributed by atoms with van der Waals surface area (Å²) in [4.78, 5) is 20.5. The van der Waals surface area contributed by atoms with E-state index in [0.29, 0.717) is 24.8 Å². The van der Waals surface area contributed by atoms with Crippen molar-refractivity contribution >= 4 is 11.6 Å². The van der Waals surface area contributed by atoms with Gasteiger partial charge in [0.15, 0.2) is 0 Å². The van der Waals surface area contributed by atoms with Crippen molar-refractivity contribution in [3.8, 4) is 5.88 Å². The minimum absolute atomic E-state index is 0.204. The fourth-order valence-electron chi connectivity index (χ4n) is 2.19. The summed E-state index contributed by atoms with van der Waals surface area (Å²) in [5, 5.41) is 9.19. The molecule has 3 heterocycles. The molecule has 114 valence electrons. The molecule has 1 aliphatic heterocycles. The second-order valence-electron chi connectivity index (χ2n) is 4.90. The van der Waals surface area contributed by atoms with Crippen LogP contribution in [0.3, 0.4) is 0 Å². The van der Waals surface area contributed by atoms with Gasteiger partial charge in [-0.1, -0.05) is 6.07 Å². The van der Waals surface area contributed by atoms with Gasteiger partial charge in [0.1, 0.15) is 5.69 Å². The van der Waals surface area contributed by atoms with Crippen LogP contribution in [0.5, 0.6) is 5.88 Å². The number of nitrogens with one attached hydrogen (secondary N) is 3. The largest absolute Gasteiger partial charge is 0.481 e. The lowest BCUT2D eigenvalue weighted by molar-refractivity contribution is 0.0946. The smallest absolute Gasteiger partial charge is 0.270 e. The summed E-state index contributed by atoms with van der Waals surface area (Å²) in [6.07, 6.45) is 3.37. The Bertz CT molecular complexity index is 672. The first-order chi connectivity index (χ1) is 10.8. The third kappa shape index (κ3) is 3.15. The van der Waals surface area contributed by atoms with E-state index in [1.165, 1.54) is 0 Å². The number of rotatable bonds is 4. The molecule has 0 unspecified atom stereocenters. The van der Waals surface area contributed by atoms with Gasteiger partial charge in [0.2, 0.25) is 5.88 Å². The molecule has 0 saturated carbocycles. The van der Waals surface area contributed by atoms with Gasteiger partial charge in [-0.05, 0) is 17.2 Å². The average Bonchev–Trinajstić information content (AvgIpc) is 2.59. The third-order valence-corrected chi connectivity index (χ3v) is 3.40. The highest BCUT2D eigenvalue weighted by Crippen LogP contribution is 2.17.